The van der Waals surface area contributed by atoms with E-state index in [9.17, 15) is 20.0 Å². The molecule has 37 heavy (non-hydrogen) atoms. The molecule has 4 rings (SSSR count). The van der Waals surface area contributed by atoms with E-state index in [4.69, 9.17) is 0 Å². The topological polar surface area (TPSA) is 125 Å². The molecule has 0 fully saturated rings. The quantitative estimate of drug-likeness (QED) is 0.220. The van der Waals surface area contributed by atoms with Gasteiger partial charge in [-0.1, -0.05) is 66.7 Å². The average molecular weight is 499 g/mol. The monoisotopic (exact) mass is 498 g/mol. The van der Waals surface area contributed by atoms with E-state index < -0.39 is 11.0 Å². The standard InChI is InChI=1S/C27H26N6O4/c1-19-13-14-22(31(2)27(34)35)15-23(19)30-25-24(33(36)37)26(29-18-28-25)32(16-20-9-5-3-6-10-20)17-21-11-7-4-8-12-21/h3-15,18H,16-17H2,1-2H3,(H,34,35)(H,28,29,30). The van der Waals surface area contributed by atoms with Crippen molar-refractivity contribution in [1.29, 1.82) is 0 Å². The van der Waals surface area contributed by atoms with Crippen LogP contribution in [0.3, 0.4) is 0 Å². The summed E-state index contributed by atoms with van der Waals surface area (Å²) in [6, 6.07) is 24.3. The number of aromatic nitrogens is 2. The molecule has 0 atom stereocenters. The molecule has 2 N–H and O–H groups in total. The summed E-state index contributed by atoms with van der Waals surface area (Å²) >= 11 is 0. The van der Waals surface area contributed by atoms with Crippen molar-refractivity contribution in [3.05, 3.63) is 112 Å². The van der Waals surface area contributed by atoms with Crippen LogP contribution in [0.15, 0.2) is 85.2 Å². The molecule has 0 saturated heterocycles. The Labute approximate surface area is 214 Å². The molecule has 10 heteroatoms. The van der Waals surface area contributed by atoms with E-state index in [2.05, 4.69) is 15.3 Å². The maximum atomic E-state index is 12.4. The Morgan fingerprint density at radius 2 is 1.57 bits per heavy atom. The fourth-order valence-corrected chi connectivity index (χ4v) is 3.87. The Kier molecular flexibility index (Phi) is 7.58. The van der Waals surface area contributed by atoms with Gasteiger partial charge < -0.3 is 15.3 Å². The number of hydrogen-bond donors (Lipinski definition) is 2. The predicted molar refractivity (Wildman–Crippen MR) is 142 cm³/mol. The summed E-state index contributed by atoms with van der Waals surface area (Å²) in [5.74, 6) is 0.186. The third-order valence-corrected chi connectivity index (χ3v) is 5.87. The number of rotatable bonds is 9. The third kappa shape index (κ3) is 5.99. The lowest BCUT2D eigenvalue weighted by atomic mass is 10.1. The molecule has 0 bridgehead atoms. The molecular weight excluding hydrogens is 472 g/mol. The Bertz CT molecular complexity index is 1360. The predicted octanol–water partition coefficient (Wildman–Crippen LogP) is 5.76. The van der Waals surface area contributed by atoms with Crippen LogP contribution < -0.4 is 15.1 Å². The van der Waals surface area contributed by atoms with Crippen molar-refractivity contribution in [2.45, 2.75) is 20.0 Å². The van der Waals surface area contributed by atoms with Crippen LogP contribution in [0.1, 0.15) is 16.7 Å². The SMILES string of the molecule is Cc1ccc(N(C)C(=O)O)cc1Nc1ncnc(N(Cc2ccccc2)Cc2ccccc2)c1[N+](=O)[O-]. The first-order valence-electron chi connectivity index (χ1n) is 11.5. The van der Waals surface area contributed by atoms with Crippen LogP contribution in [0, 0.1) is 17.0 Å². The number of carbonyl (C=O) groups is 1. The number of hydrogen-bond acceptors (Lipinski definition) is 7. The van der Waals surface area contributed by atoms with Crippen molar-refractivity contribution in [3.63, 3.8) is 0 Å². The number of benzene rings is 3. The first-order valence-corrected chi connectivity index (χ1v) is 11.5. The number of amides is 1. The van der Waals surface area contributed by atoms with Gasteiger partial charge in [-0.05, 0) is 35.7 Å². The highest BCUT2D eigenvalue weighted by Gasteiger charge is 2.28. The van der Waals surface area contributed by atoms with Gasteiger partial charge in [0, 0.05) is 31.5 Å². The van der Waals surface area contributed by atoms with E-state index in [1.165, 1.54) is 13.4 Å². The van der Waals surface area contributed by atoms with Crippen molar-refractivity contribution in [2.75, 3.05) is 22.2 Å². The summed E-state index contributed by atoms with van der Waals surface area (Å²) in [7, 11) is 1.42. The van der Waals surface area contributed by atoms with Gasteiger partial charge in [-0.15, -0.1) is 0 Å². The highest BCUT2D eigenvalue weighted by atomic mass is 16.6. The van der Waals surface area contributed by atoms with Gasteiger partial charge in [0.25, 0.3) is 0 Å². The lowest BCUT2D eigenvalue weighted by molar-refractivity contribution is -0.383. The Hall–Kier alpha value is -4.99. The number of nitrogens with one attached hydrogen (secondary N) is 1. The molecular formula is C27H26N6O4. The lowest BCUT2D eigenvalue weighted by Gasteiger charge is -2.24. The van der Waals surface area contributed by atoms with E-state index in [-0.39, 0.29) is 17.3 Å². The smallest absolute Gasteiger partial charge is 0.411 e. The normalized spacial score (nSPS) is 10.5. The van der Waals surface area contributed by atoms with E-state index in [0.29, 0.717) is 24.5 Å². The summed E-state index contributed by atoms with van der Waals surface area (Å²) in [4.78, 5) is 34.7. The molecule has 0 aliphatic heterocycles. The highest BCUT2D eigenvalue weighted by molar-refractivity contribution is 5.87. The van der Waals surface area contributed by atoms with Gasteiger partial charge in [0.1, 0.15) is 6.33 Å². The number of anilines is 4. The fraction of sp³-hybridized carbons (Fsp3) is 0.148. The van der Waals surface area contributed by atoms with Crippen LogP contribution in [0.25, 0.3) is 0 Å². The molecule has 1 aromatic heterocycles. The molecule has 0 radical (unpaired) electrons. The number of nitrogens with zero attached hydrogens (tertiary/aromatic N) is 5. The van der Waals surface area contributed by atoms with Crippen LogP contribution in [-0.4, -0.2) is 33.1 Å². The fourth-order valence-electron chi connectivity index (χ4n) is 3.87. The van der Waals surface area contributed by atoms with Gasteiger partial charge in [-0.25, -0.2) is 14.8 Å². The van der Waals surface area contributed by atoms with E-state index in [0.717, 1.165) is 21.6 Å². The van der Waals surface area contributed by atoms with E-state index in [1.807, 2.05) is 72.5 Å². The molecule has 188 valence electrons. The molecule has 1 heterocycles. The zero-order chi connectivity index (χ0) is 26.4. The summed E-state index contributed by atoms with van der Waals surface area (Å²) in [6.45, 7) is 2.60. The second-order valence-corrected chi connectivity index (χ2v) is 8.44. The number of carboxylic acid groups (broad SMARTS) is 1. The first-order chi connectivity index (χ1) is 17.8. The minimum atomic E-state index is -1.12. The molecule has 0 aliphatic carbocycles. The van der Waals surface area contributed by atoms with Crippen molar-refractivity contribution in [3.8, 4) is 0 Å². The summed E-state index contributed by atoms with van der Waals surface area (Å²) < 4.78 is 0. The van der Waals surface area contributed by atoms with Gasteiger partial charge >= 0.3 is 11.8 Å². The van der Waals surface area contributed by atoms with Crippen LogP contribution in [-0.2, 0) is 13.1 Å². The van der Waals surface area contributed by atoms with Crippen molar-refractivity contribution >= 4 is 34.8 Å². The van der Waals surface area contributed by atoms with E-state index in [1.54, 1.807) is 18.2 Å². The van der Waals surface area contributed by atoms with Gasteiger partial charge in [0.05, 0.1) is 4.92 Å². The summed E-state index contributed by atoms with van der Waals surface area (Å²) in [5, 5.41) is 24.7. The zero-order valence-electron chi connectivity index (χ0n) is 20.4. The van der Waals surface area contributed by atoms with Crippen LogP contribution in [0.4, 0.5) is 33.5 Å². The summed E-state index contributed by atoms with van der Waals surface area (Å²) in [6.07, 6.45) is 0.165. The van der Waals surface area contributed by atoms with Crippen LogP contribution >= 0.6 is 0 Å². The van der Waals surface area contributed by atoms with E-state index >= 15 is 0 Å². The molecule has 4 aromatic rings. The molecule has 10 nitrogen and oxygen atoms in total. The van der Waals surface area contributed by atoms with Gasteiger partial charge in [0.2, 0.25) is 11.6 Å². The Morgan fingerprint density at radius 3 is 2.11 bits per heavy atom. The molecule has 0 saturated carbocycles. The first kappa shape index (κ1) is 25.1. The average Bonchev–Trinajstić information content (AvgIpc) is 2.90. The third-order valence-electron chi connectivity index (χ3n) is 5.87. The van der Waals surface area contributed by atoms with Gasteiger partial charge in [0.15, 0.2) is 0 Å². The zero-order valence-corrected chi connectivity index (χ0v) is 20.4. The Balaban J connectivity index is 1.76. The number of nitro groups is 1. The van der Waals surface area contributed by atoms with Crippen molar-refractivity contribution in [1.82, 2.24) is 9.97 Å². The second-order valence-electron chi connectivity index (χ2n) is 8.44. The number of aryl methyl sites for hydroxylation is 1. The van der Waals surface area contributed by atoms with Crippen LogP contribution in [0.2, 0.25) is 0 Å². The van der Waals surface area contributed by atoms with Crippen LogP contribution in [0.5, 0.6) is 0 Å². The molecule has 0 spiro atoms. The molecule has 3 aromatic carbocycles. The molecule has 1 amide bonds. The maximum absolute atomic E-state index is 12.4. The molecule has 0 aliphatic rings. The Morgan fingerprint density at radius 1 is 0.973 bits per heavy atom. The summed E-state index contributed by atoms with van der Waals surface area (Å²) in [5.41, 5.74) is 3.35. The van der Waals surface area contributed by atoms with Gasteiger partial charge in [-0.2, -0.15) is 0 Å². The lowest BCUT2D eigenvalue weighted by Crippen LogP contribution is -2.25. The van der Waals surface area contributed by atoms with Crippen molar-refractivity contribution < 1.29 is 14.8 Å². The highest BCUT2D eigenvalue weighted by Crippen LogP contribution is 2.36. The van der Waals surface area contributed by atoms with Crippen molar-refractivity contribution in [2.24, 2.45) is 0 Å². The minimum absolute atomic E-state index is 0.0133. The maximum Gasteiger partial charge on any atom is 0.411 e. The van der Waals surface area contributed by atoms with Gasteiger partial charge in [-0.3, -0.25) is 15.0 Å². The molecule has 0 unspecified atom stereocenters. The second kappa shape index (κ2) is 11.2. The minimum Gasteiger partial charge on any atom is -0.465 e. The largest absolute Gasteiger partial charge is 0.465 e.